The Bertz CT molecular complexity index is 295. The van der Waals surface area contributed by atoms with E-state index in [1.54, 1.807) is 0 Å². The van der Waals surface area contributed by atoms with Crippen molar-refractivity contribution in [2.24, 2.45) is 5.92 Å². The van der Waals surface area contributed by atoms with Gasteiger partial charge in [0, 0.05) is 19.1 Å². The lowest BCUT2D eigenvalue weighted by atomic mass is 10.1. The van der Waals surface area contributed by atoms with Crippen molar-refractivity contribution in [3.05, 3.63) is 0 Å². The third-order valence-electron chi connectivity index (χ3n) is 3.42. The molecule has 0 saturated heterocycles. The maximum Gasteiger partial charge on any atom is 0.410 e. The van der Waals surface area contributed by atoms with Crippen LogP contribution in [0.15, 0.2) is 0 Å². The normalized spacial score (nSPS) is 16.9. The fraction of sp³-hybridized carbons (Fsp3) is 0.938. The molecule has 1 amide bonds. The zero-order valence-electron chi connectivity index (χ0n) is 13.9. The zero-order chi connectivity index (χ0) is 15.2. The number of carbonyl (C=O) groups excluding carboxylic acids is 1. The van der Waals surface area contributed by atoms with Gasteiger partial charge in [0.2, 0.25) is 0 Å². The van der Waals surface area contributed by atoms with E-state index in [1.807, 2.05) is 25.7 Å². The lowest BCUT2D eigenvalue weighted by molar-refractivity contribution is 0.0235. The van der Waals surface area contributed by atoms with Gasteiger partial charge in [-0.3, -0.25) is 0 Å². The quantitative estimate of drug-likeness (QED) is 0.694. The zero-order valence-corrected chi connectivity index (χ0v) is 13.9. The van der Waals surface area contributed by atoms with Crippen molar-refractivity contribution >= 4 is 6.09 Å². The van der Waals surface area contributed by atoms with Crippen LogP contribution in [0.3, 0.4) is 0 Å². The highest BCUT2D eigenvalue weighted by Crippen LogP contribution is 2.28. The minimum absolute atomic E-state index is 0.164. The summed E-state index contributed by atoms with van der Waals surface area (Å²) in [7, 11) is 0. The molecule has 118 valence electrons. The molecule has 1 unspecified atom stereocenters. The first-order chi connectivity index (χ1) is 9.33. The monoisotopic (exact) mass is 284 g/mol. The summed E-state index contributed by atoms with van der Waals surface area (Å²) >= 11 is 0. The number of hydrogen-bond donors (Lipinski definition) is 1. The average molecular weight is 284 g/mol. The van der Waals surface area contributed by atoms with Gasteiger partial charge in [0.25, 0.3) is 0 Å². The first-order valence-electron chi connectivity index (χ1n) is 8.03. The summed E-state index contributed by atoms with van der Waals surface area (Å²) in [4.78, 5) is 14.0. The molecule has 1 rings (SSSR count). The molecule has 4 heteroatoms. The SMILES string of the molecule is CCCC(C)CNCCN(C(=O)OC(C)(C)C)C1CC1. The van der Waals surface area contributed by atoms with Crippen LogP contribution in [0.4, 0.5) is 4.79 Å². The van der Waals surface area contributed by atoms with E-state index in [0.29, 0.717) is 12.0 Å². The standard InChI is InChI=1S/C16H32N2O2/c1-6-7-13(2)12-17-10-11-18(14-8-9-14)15(19)20-16(3,4)5/h13-14,17H,6-12H2,1-5H3. The second kappa shape index (κ2) is 7.87. The van der Waals surface area contributed by atoms with Gasteiger partial charge in [-0.2, -0.15) is 0 Å². The lowest BCUT2D eigenvalue weighted by Gasteiger charge is -2.27. The van der Waals surface area contributed by atoms with Crippen LogP contribution in [0.1, 0.15) is 60.3 Å². The fourth-order valence-corrected chi connectivity index (χ4v) is 2.27. The Labute approximate surface area is 124 Å². The molecule has 1 aliphatic rings. The Hall–Kier alpha value is -0.770. The third-order valence-corrected chi connectivity index (χ3v) is 3.42. The predicted octanol–water partition coefficient (Wildman–Crippen LogP) is 3.41. The Balaban J connectivity index is 2.28. The minimum atomic E-state index is -0.409. The van der Waals surface area contributed by atoms with E-state index in [9.17, 15) is 4.79 Å². The Morgan fingerprint density at radius 2 is 2.05 bits per heavy atom. The van der Waals surface area contributed by atoms with Crippen LogP contribution >= 0.6 is 0 Å². The molecule has 1 N–H and O–H groups in total. The van der Waals surface area contributed by atoms with E-state index in [-0.39, 0.29) is 6.09 Å². The second-order valence-electron chi connectivity index (χ2n) is 7.00. The van der Waals surface area contributed by atoms with Gasteiger partial charge in [-0.15, -0.1) is 0 Å². The summed E-state index contributed by atoms with van der Waals surface area (Å²) in [5.74, 6) is 0.705. The molecule has 0 heterocycles. The van der Waals surface area contributed by atoms with Crippen LogP contribution in [0.5, 0.6) is 0 Å². The lowest BCUT2D eigenvalue weighted by Crippen LogP contribution is -2.42. The van der Waals surface area contributed by atoms with Gasteiger partial charge in [0.15, 0.2) is 0 Å². The van der Waals surface area contributed by atoms with Gasteiger partial charge in [-0.05, 0) is 52.5 Å². The van der Waals surface area contributed by atoms with Crippen LogP contribution in [0.25, 0.3) is 0 Å². The van der Waals surface area contributed by atoms with Gasteiger partial charge in [0.05, 0.1) is 0 Å². The molecular formula is C16H32N2O2. The molecule has 20 heavy (non-hydrogen) atoms. The van der Waals surface area contributed by atoms with Gasteiger partial charge >= 0.3 is 6.09 Å². The van der Waals surface area contributed by atoms with Crippen molar-refractivity contribution in [2.75, 3.05) is 19.6 Å². The predicted molar refractivity (Wildman–Crippen MR) is 82.9 cm³/mol. The summed E-state index contributed by atoms with van der Waals surface area (Å²) in [6.45, 7) is 12.9. The van der Waals surface area contributed by atoms with Crippen LogP contribution in [-0.4, -0.2) is 42.3 Å². The van der Waals surface area contributed by atoms with E-state index in [2.05, 4.69) is 19.2 Å². The topological polar surface area (TPSA) is 41.6 Å². The molecule has 0 radical (unpaired) electrons. The maximum absolute atomic E-state index is 12.1. The van der Waals surface area contributed by atoms with E-state index in [0.717, 1.165) is 32.5 Å². The van der Waals surface area contributed by atoms with Crippen molar-refractivity contribution in [3.8, 4) is 0 Å². The smallest absolute Gasteiger partial charge is 0.410 e. The number of nitrogens with one attached hydrogen (secondary N) is 1. The third kappa shape index (κ3) is 7.13. The Kier molecular flexibility index (Phi) is 6.80. The molecule has 0 aliphatic heterocycles. The summed E-state index contributed by atoms with van der Waals surface area (Å²) < 4.78 is 5.48. The van der Waals surface area contributed by atoms with E-state index in [1.165, 1.54) is 12.8 Å². The summed E-state index contributed by atoms with van der Waals surface area (Å²) in [5, 5.41) is 3.45. The van der Waals surface area contributed by atoms with Crippen LogP contribution in [-0.2, 0) is 4.74 Å². The minimum Gasteiger partial charge on any atom is -0.444 e. The van der Waals surface area contributed by atoms with Gasteiger partial charge in [-0.25, -0.2) is 4.79 Å². The molecule has 1 saturated carbocycles. The molecule has 4 nitrogen and oxygen atoms in total. The number of amides is 1. The first kappa shape index (κ1) is 17.3. The number of ether oxygens (including phenoxy) is 1. The number of nitrogens with zero attached hydrogens (tertiary/aromatic N) is 1. The van der Waals surface area contributed by atoms with Crippen molar-refractivity contribution < 1.29 is 9.53 Å². The summed E-state index contributed by atoms with van der Waals surface area (Å²) in [5.41, 5.74) is -0.409. The van der Waals surface area contributed by atoms with E-state index >= 15 is 0 Å². The molecule has 1 atom stereocenters. The van der Waals surface area contributed by atoms with Gasteiger partial charge < -0.3 is 15.0 Å². The van der Waals surface area contributed by atoms with Crippen molar-refractivity contribution in [2.45, 2.75) is 71.9 Å². The number of carbonyl (C=O) groups is 1. The van der Waals surface area contributed by atoms with Crippen LogP contribution in [0, 0.1) is 5.92 Å². The molecule has 1 aliphatic carbocycles. The molecular weight excluding hydrogens is 252 g/mol. The Morgan fingerprint density at radius 3 is 2.55 bits per heavy atom. The highest BCUT2D eigenvalue weighted by Gasteiger charge is 2.34. The molecule has 0 aromatic heterocycles. The van der Waals surface area contributed by atoms with Crippen molar-refractivity contribution in [1.29, 1.82) is 0 Å². The molecule has 1 fully saturated rings. The summed E-state index contributed by atoms with van der Waals surface area (Å²) in [6, 6.07) is 0.403. The highest BCUT2D eigenvalue weighted by molar-refractivity contribution is 5.69. The van der Waals surface area contributed by atoms with Gasteiger partial charge in [0.1, 0.15) is 5.60 Å². The molecule has 0 bridgehead atoms. The largest absolute Gasteiger partial charge is 0.444 e. The van der Waals surface area contributed by atoms with Crippen molar-refractivity contribution in [3.63, 3.8) is 0 Å². The van der Waals surface area contributed by atoms with E-state index < -0.39 is 5.60 Å². The van der Waals surface area contributed by atoms with Crippen LogP contribution in [0.2, 0.25) is 0 Å². The molecule has 0 spiro atoms. The first-order valence-corrected chi connectivity index (χ1v) is 8.03. The molecule has 0 aromatic rings. The maximum atomic E-state index is 12.1. The summed E-state index contributed by atoms with van der Waals surface area (Å²) in [6.07, 6.45) is 4.56. The number of rotatable bonds is 8. The van der Waals surface area contributed by atoms with Crippen molar-refractivity contribution in [1.82, 2.24) is 10.2 Å². The Morgan fingerprint density at radius 1 is 1.40 bits per heavy atom. The highest BCUT2D eigenvalue weighted by atomic mass is 16.6. The molecule has 0 aromatic carbocycles. The van der Waals surface area contributed by atoms with E-state index in [4.69, 9.17) is 4.74 Å². The number of hydrogen-bond acceptors (Lipinski definition) is 3. The van der Waals surface area contributed by atoms with Gasteiger partial charge in [-0.1, -0.05) is 20.3 Å². The fourth-order valence-electron chi connectivity index (χ4n) is 2.27. The second-order valence-corrected chi connectivity index (χ2v) is 7.00. The van der Waals surface area contributed by atoms with Crippen LogP contribution < -0.4 is 5.32 Å². The average Bonchev–Trinajstić information content (AvgIpc) is 3.10.